The molecule has 0 unspecified atom stereocenters. The highest BCUT2D eigenvalue weighted by Gasteiger charge is 2.04. The maximum Gasteiger partial charge on any atom is 0.238 e. The van der Waals surface area contributed by atoms with E-state index in [-0.39, 0.29) is 5.91 Å². The number of carbonyl (C=O) groups is 1. The first kappa shape index (κ1) is 13.7. The van der Waals surface area contributed by atoms with Crippen LogP contribution in [-0.2, 0) is 4.79 Å². The van der Waals surface area contributed by atoms with Crippen molar-refractivity contribution in [2.75, 3.05) is 18.4 Å². The third kappa shape index (κ3) is 5.00. The van der Waals surface area contributed by atoms with Gasteiger partial charge in [-0.1, -0.05) is 25.5 Å². The maximum atomic E-state index is 11.7. The number of hydrogen-bond donors (Lipinski definition) is 2. The van der Waals surface area contributed by atoms with E-state index >= 15 is 0 Å². The van der Waals surface area contributed by atoms with Crippen LogP contribution in [0, 0.1) is 13.8 Å². The summed E-state index contributed by atoms with van der Waals surface area (Å²) in [4.78, 5) is 11.7. The topological polar surface area (TPSA) is 41.1 Å². The molecule has 1 aromatic carbocycles. The zero-order valence-electron chi connectivity index (χ0n) is 11.0. The van der Waals surface area contributed by atoms with Crippen molar-refractivity contribution < 1.29 is 4.79 Å². The molecule has 2 N–H and O–H groups in total. The molecule has 0 heterocycles. The molecule has 3 heteroatoms. The van der Waals surface area contributed by atoms with Gasteiger partial charge in [0.05, 0.1) is 6.54 Å². The fourth-order valence-corrected chi connectivity index (χ4v) is 1.57. The molecular weight excluding hydrogens is 212 g/mol. The molecule has 0 aromatic heterocycles. The Morgan fingerprint density at radius 3 is 2.76 bits per heavy atom. The Morgan fingerprint density at radius 2 is 2.06 bits per heavy atom. The minimum atomic E-state index is 0.0230. The number of amides is 1. The summed E-state index contributed by atoms with van der Waals surface area (Å²) >= 11 is 0. The number of benzene rings is 1. The quantitative estimate of drug-likeness (QED) is 0.743. The van der Waals surface area contributed by atoms with Crippen molar-refractivity contribution in [3.05, 3.63) is 29.3 Å². The molecule has 0 aliphatic heterocycles. The fraction of sp³-hybridized carbons (Fsp3) is 0.500. The molecule has 0 saturated heterocycles. The normalized spacial score (nSPS) is 10.3. The van der Waals surface area contributed by atoms with Crippen LogP contribution in [-0.4, -0.2) is 19.0 Å². The Morgan fingerprint density at radius 1 is 1.29 bits per heavy atom. The smallest absolute Gasteiger partial charge is 0.238 e. The first-order valence-electron chi connectivity index (χ1n) is 6.21. The van der Waals surface area contributed by atoms with Gasteiger partial charge in [-0.05, 0) is 44.0 Å². The first-order chi connectivity index (χ1) is 8.13. The van der Waals surface area contributed by atoms with Crippen molar-refractivity contribution in [3.63, 3.8) is 0 Å². The zero-order chi connectivity index (χ0) is 12.7. The van der Waals surface area contributed by atoms with Crippen LogP contribution >= 0.6 is 0 Å². The van der Waals surface area contributed by atoms with Gasteiger partial charge in [0, 0.05) is 5.69 Å². The van der Waals surface area contributed by atoms with Crippen LogP contribution in [0.15, 0.2) is 18.2 Å². The van der Waals surface area contributed by atoms with E-state index in [1.165, 1.54) is 0 Å². The van der Waals surface area contributed by atoms with E-state index in [0.29, 0.717) is 6.54 Å². The van der Waals surface area contributed by atoms with Crippen molar-refractivity contribution >= 4 is 11.6 Å². The summed E-state index contributed by atoms with van der Waals surface area (Å²) in [5.41, 5.74) is 3.16. The largest absolute Gasteiger partial charge is 0.325 e. The lowest BCUT2D eigenvalue weighted by Gasteiger charge is -2.09. The van der Waals surface area contributed by atoms with Crippen LogP contribution in [0.5, 0.6) is 0 Å². The Balaban J connectivity index is 2.42. The van der Waals surface area contributed by atoms with Gasteiger partial charge in [-0.3, -0.25) is 4.79 Å². The highest BCUT2D eigenvalue weighted by Crippen LogP contribution is 2.15. The van der Waals surface area contributed by atoms with Gasteiger partial charge in [0.1, 0.15) is 0 Å². The van der Waals surface area contributed by atoms with Crippen LogP contribution < -0.4 is 10.6 Å². The van der Waals surface area contributed by atoms with Crippen LogP contribution in [0.3, 0.4) is 0 Å². The molecule has 0 bridgehead atoms. The first-order valence-corrected chi connectivity index (χ1v) is 6.21. The second kappa shape index (κ2) is 7.07. The average molecular weight is 234 g/mol. The van der Waals surface area contributed by atoms with E-state index in [2.05, 4.69) is 17.6 Å². The fourth-order valence-electron chi connectivity index (χ4n) is 1.57. The van der Waals surface area contributed by atoms with Crippen LogP contribution in [0.1, 0.15) is 30.9 Å². The van der Waals surface area contributed by atoms with Gasteiger partial charge in [-0.15, -0.1) is 0 Å². The molecule has 0 fully saturated rings. The molecule has 0 aliphatic carbocycles. The minimum absolute atomic E-state index is 0.0230. The third-order valence-corrected chi connectivity index (χ3v) is 2.66. The predicted octanol–water partition coefficient (Wildman–Crippen LogP) is 2.63. The zero-order valence-corrected chi connectivity index (χ0v) is 11.0. The van der Waals surface area contributed by atoms with Gasteiger partial charge in [0.2, 0.25) is 5.91 Å². The van der Waals surface area contributed by atoms with E-state index < -0.39 is 0 Å². The lowest BCUT2D eigenvalue weighted by Crippen LogP contribution is -2.28. The number of unbranched alkanes of at least 4 members (excludes halogenated alkanes) is 1. The maximum absolute atomic E-state index is 11.7. The van der Waals surface area contributed by atoms with Gasteiger partial charge in [0.25, 0.3) is 0 Å². The number of hydrogen-bond acceptors (Lipinski definition) is 2. The van der Waals surface area contributed by atoms with Crippen molar-refractivity contribution in [3.8, 4) is 0 Å². The lowest BCUT2D eigenvalue weighted by molar-refractivity contribution is -0.115. The van der Waals surface area contributed by atoms with Gasteiger partial charge in [-0.2, -0.15) is 0 Å². The monoisotopic (exact) mass is 234 g/mol. The van der Waals surface area contributed by atoms with E-state index in [9.17, 15) is 4.79 Å². The molecule has 1 amide bonds. The second-order valence-corrected chi connectivity index (χ2v) is 4.40. The van der Waals surface area contributed by atoms with Crippen LogP contribution in [0.4, 0.5) is 5.69 Å². The number of anilines is 1. The Labute approximate surface area is 104 Å². The Bertz CT molecular complexity index is 374. The molecule has 17 heavy (non-hydrogen) atoms. The number of carbonyl (C=O) groups excluding carboxylic acids is 1. The minimum Gasteiger partial charge on any atom is -0.325 e. The summed E-state index contributed by atoms with van der Waals surface area (Å²) < 4.78 is 0. The Hall–Kier alpha value is -1.35. The van der Waals surface area contributed by atoms with Crippen molar-refractivity contribution in [2.45, 2.75) is 33.6 Å². The van der Waals surface area contributed by atoms with Crippen molar-refractivity contribution in [1.29, 1.82) is 0 Å². The molecule has 1 rings (SSSR count). The predicted molar refractivity (Wildman–Crippen MR) is 72.3 cm³/mol. The Kier molecular flexibility index (Phi) is 5.70. The van der Waals surface area contributed by atoms with Crippen molar-refractivity contribution in [1.82, 2.24) is 5.32 Å². The molecule has 3 nitrogen and oxygen atoms in total. The van der Waals surface area contributed by atoms with E-state index in [0.717, 1.165) is 36.2 Å². The molecule has 0 atom stereocenters. The molecule has 0 aliphatic rings. The number of aryl methyl sites for hydroxylation is 2. The molecule has 1 aromatic rings. The standard InChI is InChI=1S/C14H22N2O/c1-4-5-8-15-10-14(17)16-13-9-11(2)6-7-12(13)3/h6-7,9,15H,4-5,8,10H2,1-3H3,(H,16,17). The molecular formula is C14H22N2O. The van der Waals surface area contributed by atoms with Gasteiger partial charge < -0.3 is 10.6 Å². The van der Waals surface area contributed by atoms with Crippen molar-refractivity contribution in [2.24, 2.45) is 0 Å². The van der Waals surface area contributed by atoms with Crippen LogP contribution in [0.25, 0.3) is 0 Å². The summed E-state index contributed by atoms with van der Waals surface area (Å²) in [5, 5.41) is 6.05. The molecule has 0 radical (unpaired) electrons. The highest BCUT2D eigenvalue weighted by molar-refractivity contribution is 5.93. The molecule has 0 spiro atoms. The molecule has 94 valence electrons. The average Bonchev–Trinajstić information content (AvgIpc) is 2.29. The highest BCUT2D eigenvalue weighted by atomic mass is 16.1. The summed E-state index contributed by atoms with van der Waals surface area (Å²) in [6, 6.07) is 6.07. The van der Waals surface area contributed by atoms with E-state index in [1.807, 2.05) is 32.0 Å². The van der Waals surface area contributed by atoms with Crippen LogP contribution in [0.2, 0.25) is 0 Å². The number of rotatable bonds is 6. The SMILES string of the molecule is CCCCNCC(=O)Nc1cc(C)ccc1C. The number of nitrogens with one attached hydrogen (secondary N) is 2. The summed E-state index contributed by atoms with van der Waals surface area (Å²) in [5.74, 6) is 0.0230. The van der Waals surface area contributed by atoms with Gasteiger partial charge in [-0.25, -0.2) is 0 Å². The second-order valence-electron chi connectivity index (χ2n) is 4.40. The van der Waals surface area contributed by atoms with E-state index in [1.54, 1.807) is 0 Å². The van der Waals surface area contributed by atoms with Gasteiger partial charge in [0.15, 0.2) is 0 Å². The summed E-state index contributed by atoms with van der Waals surface area (Å²) in [6.45, 7) is 7.44. The summed E-state index contributed by atoms with van der Waals surface area (Å²) in [6.07, 6.45) is 2.25. The lowest BCUT2D eigenvalue weighted by atomic mass is 10.1. The third-order valence-electron chi connectivity index (χ3n) is 2.66. The summed E-state index contributed by atoms with van der Waals surface area (Å²) in [7, 11) is 0. The van der Waals surface area contributed by atoms with Gasteiger partial charge >= 0.3 is 0 Å². The van der Waals surface area contributed by atoms with E-state index in [4.69, 9.17) is 0 Å². The molecule has 0 saturated carbocycles.